The molecule has 4 heteroatoms. The van der Waals surface area contributed by atoms with Crippen molar-refractivity contribution in [2.24, 2.45) is 0 Å². The number of amides is 1. The molecule has 0 spiro atoms. The van der Waals surface area contributed by atoms with Gasteiger partial charge >= 0.3 is 0 Å². The van der Waals surface area contributed by atoms with Gasteiger partial charge in [-0.05, 0) is 17.9 Å². The summed E-state index contributed by atoms with van der Waals surface area (Å²) in [4.78, 5) is 11.9. The molecule has 0 unspecified atom stereocenters. The topological polar surface area (TPSA) is 29.1 Å². The first-order valence-electron chi connectivity index (χ1n) is 3.77. The Balaban J connectivity index is 2.59. The standard InChI is InChI=1S/C8H10ClNOS/c1-2-4-10-8(11)7-6(9)3-5-12-7/h3,5H,2,4H2,1H3,(H,10,11). The lowest BCUT2D eigenvalue weighted by Gasteiger charge is -2.00. The molecule has 0 aliphatic carbocycles. The molecule has 1 rings (SSSR count). The first-order valence-corrected chi connectivity index (χ1v) is 5.02. The Bertz CT molecular complexity index is 272. The van der Waals surface area contributed by atoms with Crippen LogP contribution in [0.25, 0.3) is 0 Å². The van der Waals surface area contributed by atoms with Crippen molar-refractivity contribution in [3.63, 3.8) is 0 Å². The summed E-state index contributed by atoms with van der Waals surface area (Å²) in [6.45, 7) is 2.71. The largest absolute Gasteiger partial charge is 0.351 e. The van der Waals surface area contributed by atoms with Gasteiger partial charge in [-0.15, -0.1) is 11.3 Å². The second-order valence-electron chi connectivity index (χ2n) is 2.35. The van der Waals surface area contributed by atoms with Crippen molar-refractivity contribution in [1.82, 2.24) is 5.32 Å². The highest BCUT2D eigenvalue weighted by Gasteiger charge is 2.09. The van der Waals surface area contributed by atoms with Gasteiger partial charge in [0.25, 0.3) is 5.91 Å². The summed E-state index contributed by atoms with van der Waals surface area (Å²) in [5.41, 5.74) is 0. The SMILES string of the molecule is CCCNC(=O)c1sccc1Cl. The predicted molar refractivity (Wildman–Crippen MR) is 52.0 cm³/mol. The van der Waals surface area contributed by atoms with E-state index in [1.54, 1.807) is 6.07 Å². The second kappa shape index (κ2) is 4.48. The number of hydrogen-bond donors (Lipinski definition) is 1. The maximum absolute atomic E-state index is 11.3. The maximum Gasteiger partial charge on any atom is 0.262 e. The molecular formula is C8H10ClNOS. The van der Waals surface area contributed by atoms with Gasteiger partial charge in [-0.3, -0.25) is 4.79 Å². The summed E-state index contributed by atoms with van der Waals surface area (Å²) in [6, 6.07) is 1.73. The van der Waals surface area contributed by atoms with E-state index in [2.05, 4.69) is 5.32 Å². The highest BCUT2D eigenvalue weighted by atomic mass is 35.5. The Hall–Kier alpha value is -0.540. The fourth-order valence-corrected chi connectivity index (χ4v) is 1.83. The fourth-order valence-electron chi connectivity index (χ4n) is 0.775. The van der Waals surface area contributed by atoms with Crippen LogP contribution in [0.1, 0.15) is 23.0 Å². The molecule has 0 saturated heterocycles. The summed E-state index contributed by atoms with van der Waals surface area (Å²) in [5.74, 6) is -0.0724. The molecule has 0 aliphatic heterocycles. The molecule has 1 heterocycles. The second-order valence-corrected chi connectivity index (χ2v) is 3.68. The fraction of sp³-hybridized carbons (Fsp3) is 0.375. The van der Waals surface area contributed by atoms with Gasteiger partial charge in [-0.2, -0.15) is 0 Å². The van der Waals surface area contributed by atoms with Gasteiger partial charge in [-0.1, -0.05) is 18.5 Å². The van der Waals surface area contributed by atoms with Crippen molar-refractivity contribution in [3.8, 4) is 0 Å². The molecule has 0 atom stereocenters. The Morgan fingerprint density at radius 1 is 1.75 bits per heavy atom. The summed E-state index contributed by atoms with van der Waals surface area (Å²) >= 11 is 7.13. The minimum atomic E-state index is -0.0724. The van der Waals surface area contributed by atoms with Crippen molar-refractivity contribution in [3.05, 3.63) is 21.3 Å². The number of carbonyl (C=O) groups is 1. The number of hydrogen-bond acceptors (Lipinski definition) is 2. The third kappa shape index (κ3) is 2.22. The van der Waals surface area contributed by atoms with Crippen molar-refractivity contribution >= 4 is 28.8 Å². The van der Waals surface area contributed by atoms with Crippen LogP contribution in [0.15, 0.2) is 11.4 Å². The summed E-state index contributed by atoms with van der Waals surface area (Å²) in [7, 11) is 0. The van der Waals surface area contributed by atoms with Gasteiger partial charge in [0, 0.05) is 6.54 Å². The summed E-state index contributed by atoms with van der Waals surface area (Å²) < 4.78 is 0. The lowest BCUT2D eigenvalue weighted by atomic mass is 10.4. The number of halogens is 1. The van der Waals surface area contributed by atoms with Crippen LogP contribution in [0, 0.1) is 0 Å². The number of nitrogens with one attached hydrogen (secondary N) is 1. The van der Waals surface area contributed by atoms with Gasteiger partial charge in [0.2, 0.25) is 0 Å². The van der Waals surface area contributed by atoms with E-state index < -0.39 is 0 Å². The van der Waals surface area contributed by atoms with E-state index in [9.17, 15) is 4.79 Å². The highest BCUT2D eigenvalue weighted by molar-refractivity contribution is 7.12. The normalized spacial score (nSPS) is 9.83. The number of thiophene rings is 1. The van der Waals surface area contributed by atoms with E-state index in [4.69, 9.17) is 11.6 Å². The van der Waals surface area contributed by atoms with Crippen LogP contribution in [0.3, 0.4) is 0 Å². The average molecular weight is 204 g/mol. The molecule has 0 saturated carbocycles. The predicted octanol–water partition coefficient (Wildman–Crippen LogP) is 2.54. The Morgan fingerprint density at radius 2 is 2.50 bits per heavy atom. The molecule has 1 N–H and O–H groups in total. The molecule has 1 aromatic rings. The van der Waals surface area contributed by atoms with Crippen LogP contribution in [0.4, 0.5) is 0 Å². The quantitative estimate of drug-likeness (QED) is 0.804. The van der Waals surface area contributed by atoms with Crippen molar-refractivity contribution < 1.29 is 4.79 Å². The maximum atomic E-state index is 11.3. The first kappa shape index (κ1) is 9.55. The zero-order valence-corrected chi connectivity index (χ0v) is 8.34. The van der Waals surface area contributed by atoms with Gasteiger partial charge in [0.1, 0.15) is 4.88 Å². The van der Waals surface area contributed by atoms with Gasteiger partial charge in [-0.25, -0.2) is 0 Å². The van der Waals surface area contributed by atoms with Gasteiger partial charge < -0.3 is 5.32 Å². The Morgan fingerprint density at radius 3 is 3.00 bits per heavy atom. The lowest BCUT2D eigenvalue weighted by Crippen LogP contribution is -2.23. The highest BCUT2D eigenvalue weighted by Crippen LogP contribution is 2.21. The average Bonchev–Trinajstić information content (AvgIpc) is 2.47. The molecule has 0 aromatic carbocycles. The van der Waals surface area contributed by atoms with Crippen molar-refractivity contribution in [1.29, 1.82) is 0 Å². The third-order valence-electron chi connectivity index (χ3n) is 1.36. The molecule has 0 fully saturated rings. The van der Waals surface area contributed by atoms with Gasteiger partial charge in [0.05, 0.1) is 5.02 Å². The minimum absolute atomic E-state index is 0.0724. The summed E-state index contributed by atoms with van der Waals surface area (Å²) in [6.07, 6.45) is 0.939. The molecule has 0 radical (unpaired) electrons. The molecule has 66 valence electrons. The Kier molecular flexibility index (Phi) is 3.56. The van der Waals surface area contributed by atoms with Crippen LogP contribution >= 0.6 is 22.9 Å². The Labute approximate surface area is 80.5 Å². The molecule has 12 heavy (non-hydrogen) atoms. The summed E-state index contributed by atoms with van der Waals surface area (Å²) in [5, 5.41) is 5.11. The van der Waals surface area contributed by atoms with Crippen LogP contribution < -0.4 is 5.32 Å². The van der Waals surface area contributed by atoms with Gasteiger partial charge in [0.15, 0.2) is 0 Å². The molecule has 2 nitrogen and oxygen atoms in total. The molecule has 1 aromatic heterocycles. The van der Waals surface area contributed by atoms with Crippen molar-refractivity contribution in [2.75, 3.05) is 6.54 Å². The molecular weight excluding hydrogens is 194 g/mol. The van der Waals surface area contributed by atoms with E-state index in [0.717, 1.165) is 6.42 Å². The van der Waals surface area contributed by atoms with E-state index in [0.29, 0.717) is 16.4 Å². The minimum Gasteiger partial charge on any atom is -0.351 e. The number of rotatable bonds is 3. The molecule has 1 amide bonds. The van der Waals surface area contributed by atoms with Crippen LogP contribution in [0.5, 0.6) is 0 Å². The monoisotopic (exact) mass is 203 g/mol. The van der Waals surface area contributed by atoms with Crippen LogP contribution in [-0.2, 0) is 0 Å². The zero-order valence-electron chi connectivity index (χ0n) is 6.76. The lowest BCUT2D eigenvalue weighted by molar-refractivity contribution is 0.0958. The zero-order chi connectivity index (χ0) is 8.97. The molecule has 0 bridgehead atoms. The van der Waals surface area contributed by atoms with E-state index in [1.165, 1.54) is 11.3 Å². The first-order chi connectivity index (χ1) is 5.75. The van der Waals surface area contributed by atoms with E-state index in [1.807, 2.05) is 12.3 Å². The van der Waals surface area contributed by atoms with Crippen molar-refractivity contribution in [2.45, 2.75) is 13.3 Å². The van der Waals surface area contributed by atoms with E-state index >= 15 is 0 Å². The van der Waals surface area contributed by atoms with E-state index in [-0.39, 0.29) is 5.91 Å². The van der Waals surface area contributed by atoms with Crippen LogP contribution in [0.2, 0.25) is 5.02 Å². The smallest absolute Gasteiger partial charge is 0.262 e. The van der Waals surface area contributed by atoms with Crippen LogP contribution in [-0.4, -0.2) is 12.5 Å². The third-order valence-corrected chi connectivity index (χ3v) is 2.70. The number of carbonyl (C=O) groups excluding carboxylic acids is 1. The molecule has 0 aliphatic rings.